The maximum Gasteiger partial charge on any atom is 0.218 e. The van der Waals surface area contributed by atoms with E-state index in [4.69, 9.17) is 9.47 Å². The van der Waals surface area contributed by atoms with Crippen molar-refractivity contribution in [2.24, 2.45) is 5.92 Å². The van der Waals surface area contributed by atoms with Crippen LogP contribution in [0.3, 0.4) is 0 Å². The van der Waals surface area contributed by atoms with Crippen LogP contribution in [0.5, 0.6) is 5.88 Å². The van der Waals surface area contributed by atoms with E-state index in [-0.39, 0.29) is 0 Å². The highest BCUT2D eigenvalue weighted by Gasteiger charge is 2.04. The average molecular weight is 267 g/mol. The first kappa shape index (κ1) is 15.7. The monoisotopic (exact) mass is 267 g/mol. The van der Waals surface area contributed by atoms with E-state index in [9.17, 15) is 0 Å². The minimum Gasteiger partial charge on any atom is -0.475 e. The highest BCUT2D eigenvalue weighted by molar-refractivity contribution is 5.38. The van der Waals surface area contributed by atoms with Gasteiger partial charge in [-0.3, -0.25) is 0 Å². The SMILES string of the molecule is CCc1nc(NCCC(C)C)cc(OCCOC)n1. The van der Waals surface area contributed by atoms with Crippen LogP contribution >= 0.6 is 0 Å². The molecule has 0 fully saturated rings. The molecular weight excluding hydrogens is 242 g/mol. The summed E-state index contributed by atoms with van der Waals surface area (Å²) in [7, 11) is 1.65. The minimum absolute atomic E-state index is 0.502. The molecule has 0 saturated carbocycles. The third-order valence-electron chi connectivity index (χ3n) is 2.63. The van der Waals surface area contributed by atoms with Crippen molar-refractivity contribution >= 4 is 5.82 Å². The Labute approximate surface area is 115 Å². The summed E-state index contributed by atoms with van der Waals surface area (Å²) in [5.41, 5.74) is 0. The molecule has 0 unspecified atom stereocenters. The van der Waals surface area contributed by atoms with E-state index in [1.165, 1.54) is 0 Å². The molecule has 0 spiro atoms. The number of aryl methyl sites for hydroxylation is 1. The highest BCUT2D eigenvalue weighted by atomic mass is 16.5. The lowest BCUT2D eigenvalue weighted by Gasteiger charge is -2.11. The molecule has 5 nitrogen and oxygen atoms in total. The number of nitrogens with one attached hydrogen (secondary N) is 1. The topological polar surface area (TPSA) is 56.3 Å². The van der Waals surface area contributed by atoms with Crippen molar-refractivity contribution in [3.05, 3.63) is 11.9 Å². The molecule has 1 heterocycles. The third-order valence-corrected chi connectivity index (χ3v) is 2.63. The van der Waals surface area contributed by atoms with Crippen LogP contribution in [-0.2, 0) is 11.2 Å². The number of rotatable bonds is 9. The standard InChI is InChI=1S/C14H25N3O2/c1-5-12-16-13(15-7-6-11(2)3)10-14(17-12)19-9-8-18-4/h10-11H,5-9H2,1-4H3,(H,15,16,17). The van der Waals surface area contributed by atoms with Crippen LogP contribution in [0.15, 0.2) is 6.07 Å². The van der Waals surface area contributed by atoms with Gasteiger partial charge in [-0.25, -0.2) is 4.98 Å². The Hall–Kier alpha value is -1.36. The van der Waals surface area contributed by atoms with Crippen molar-refractivity contribution in [2.75, 3.05) is 32.2 Å². The van der Waals surface area contributed by atoms with E-state index in [0.29, 0.717) is 25.0 Å². The molecule has 0 saturated heterocycles. The lowest BCUT2D eigenvalue weighted by Crippen LogP contribution is -2.10. The number of hydrogen-bond acceptors (Lipinski definition) is 5. The fraction of sp³-hybridized carbons (Fsp3) is 0.714. The zero-order valence-corrected chi connectivity index (χ0v) is 12.4. The summed E-state index contributed by atoms with van der Waals surface area (Å²) in [5, 5.41) is 3.32. The van der Waals surface area contributed by atoms with Gasteiger partial charge in [0.25, 0.3) is 0 Å². The first-order chi connectivity index (χ1) is 9.15. The molecule has 0 amide bonds. The van der Waals surface area contributed by atoms with Crippen LogP contribution in [0.4, 0.5) is 5.82 Å². The van der Waals surface area contributed by atoms with Gasteiger partial charge in [0.2, 0.25) is 5.88 Å². The Morgan fingerprint density at radius 2 is 2.05 bits per heavy atom. The van der Waals surface area contributed by atoms with E-state index in [1.54, 1.807) is 7.11 Å². The zero-order chi connectivity index (χ0) is 14.1. The number of ether oxygens (including phenoxy) is 2. The molecule has 1 aromatic rings. The summed E-state index contributed by atoms with van der Waals surface area (Å²) < 4.78 is 10.5. The van der Waals surface area contributed by atoms with Crippen molar-refractivity contribution in [1.82, 2.24) is 9.97 Å². The molecule has 0 radical (unpaired) electrons. The number of aromatic nitrogens is 2. The summed E-state index contributed by atoms with van der Waals surface area (Å²) in [6.07, 6.45) is 1.91. The van der Waals surface area contributed by atoms with Gasteiger partial charge in [-0.1, -0.05) is 20.8 Å². The van der Waals surface area contributed by atoms with Gasteiger partial charge in [0.1, 0.15) is 18.2 Å². The average Bonchev–Trinajstić information content (AvgIpc) is 2.38. The number of hydrogen-bond donors (Lipinski definition) is 1. The smallest absolute Gasteiger partial charge is 0.218 e. The second-order valence-electron chi connectivity index (χ2n) is 4.81. The predicted octanol–water partition coefficient (Wildman–Crippen LogP) is 2.52. The lowest BCUT2D eigenvalue weighted by atomic mass is 10.1. The van der Waals surface area contributed by atoms with E-state index in [2.05, 4.69) is 29.1 Å². The predicted molar refractivity (Wildman–Crippen MR) is 76.7 cm³/mol. The first-order valence-electron chi connectivity index (χ1n) is 6.89. The fourth-order valence-corrected chi connectivity index (χ4v) is 1.51. The molecule has 19 heavy (non-hydrogen) atoms. The lowest BCUT2D eigenvalue weighted by molar-refractivity contribution is 0.143. The largest absolute Gasteiger partial charge is 0.475 e. The van der Waals surface area contributed by atoms with E-state index in [0.717, 1.165) is 31.0 Å². The van der Waals surface area contributed by atoms with Gasteiger partial charge < -0.3 is 14.8 Å². The second-order valence-corrected chi connectivity index (χ2v) is 4.81. The zero-order valence-electron chi connectivity index (χ0n) is 12.4. The van der Waals surface area contributed by atoms with Gasteiger partial charge in [-0.05, 0) is 12.3 Å². The fourth-order valence-electron chi connectivity index (χ4n) is 1.51. The third kappa shape index (κ3) is 6.38. The summed E-state index contributed by atoms with van der Waals surface area (Å²) in [6, 6.07) is 1.84. The molecule has 0 aliphatic rings. The Balaban J connectivity index is 2.60. The van der Waals surface area contributed by atoms with Crippen LogP contribution in [-0.4, -0.2) is 36.8 Å². The van der Waals surface area contributed by atoms with Gasteiger partial charge in [-0.2, -0.15) is 4.98 Å². The summed E-state index contributed by atoms with van der Waals surface area (Å²) in [4.78, 5) is 8.78. The van der Waals surface area contributed by atoms with E-state index in [1.807, 2.05) is 13.0 Å². The van der Waals surface area contributed by atoms with Crippen molar-refractivity contribution < 1.29 is 9.47 Å². The Morgan fingerprint density at radius 3 is 2.68 bits per heavy atom. The molecular formula is C14H25N3O2. The molecule has 1 N–H and O–H groups in total. The molecule has 5 heteroatoms. The van der Waals surface area contributed by atoms with Crippen LogP contribution in [0.2, 0.25) is 0 Å². The summed E-state index contributed by atoms with van der Waals surface area (Å²) in [6.45, 7) is 8.42. The maximum absolute atomic E-state index is 5.54. The quantitative estimate of drug-likeness (QED) is 0.697. The van der Waals surface area contributed by atoms with Gasteiger partial charge in [-0.15, -0.1) is 0 Å². The van der Waals surface area contributed by atoms with Gasteiger partial charge in [0, 0.05) is 26.1 Å². The second kappa shape index (κ2) is 8.69. The summed E-state index contributed by atoms with van der Waals surface area (Å²) >= 11 is 0. The number of methoxy groups -OCH3 is 1. The molecule has 0 atom stereocenters. The molecule has 0 bridgehead atoms. The van der Waals surface area contributed by atoms with Crippen molar-refractivity contribution in [2.45, 2.75) is 33.6 Å². The molecule has 1 aromatic heterocycles. The van der Waals surface area contributed by atoms with Crippen molar-refractivity contribution in [3.63, 3.8) is 0 Å². The molecule has 0 aliphatic carbocycles. The molecule has 0 aliphatic heterocycles. The van der Waals surface area contributed by atoms with E-state index >= 15 is 0 Å². The van der Waals surface area contributed by atoms with Crippen molar-refractivity contribution in [1.29, 1.82) is 0 Å². The van der Waals surface area contributed by atoms with Crippen LogP contribution in [0.1, 0.15) is 33.0 Å². The normalized spacial score (nSPS) is 10.8. The van der Waals surface area contributed by atoms with Crippen molar-refractivity contribution in [3.8, 4) is 5.88 Å². The Morgan fingerprint density at radius 1 is 1.26 bits per heavy atom. The Kier molecular flexibility index (Phi) is 7.18. The van der Waals surface area contributed by atoms with Gasteiger partial charge >= 0.3 is 0 Å². The van der Waals surface area contributed by atoms with Crippen LogP contribution in [0, 0.1) is 5.92 Å². The Bertz CT molecular complexity index is 370. The molecule has 108 valence electrons. The molecule has 0 aromatic carbocycles. The number of anilines is 1. The van der Waals surface area contributed by atoms with Gasteiger partial charge in [0.05, 0.1) is 6.61 Å². The minimum atomic E-state index is 0.502. The highest BCUT2D eigenvalue weighted by Crippen LogP contribution is 2.14. The van der Waals surface area contributed by atoms with Crippen LogP contribution in [0.25, 0.3) is 0 Å². The summed E-state index contributed by atoms with van der Waals surface area (Å²) in [5.74, 6) is 2.91. The van der Waals surface area contributed by atoms with Crippen LogP contribution < -0.4 is 10.1 Å². The maximum atomic E-state index is 5.54. The molecule has 1 rings (SSSR count). The first-order valence-corrected chi connectivity index (χ1v) is 6.89. The number of nitrogens with zero attached hydrogens (tertiary/aromatic N) is 2. The van der Waals surface area contributed by atoms with E-state index < -0.39 is 0 Å². The van der Waals surface area contributed by atoms with Gasteiger partial charge in [0.15, 0.2) is 0 Å².